The highest BCUT2D eigenvalue weighted by atomic mass is 32.1. The predicted octanol–water partition coefficient (Wildman–Crippen LogP) is 1.15. The Balaban J connectivity index is 2.04. The molecule has 0 saturated carbocycles. The molecule has 1 aromatic rings. The van der Waals surface area contributed by atoms with Gasteiger partial charge in [-0.15, -0.1) is 11.3 Å². The zero-order valence-corrected chi connectivity index (χ0v) is 9.93. The molecule has 0 aromatic carbocycles. The van der Waals surface area contributed by atoms with Crippen molar-refractivity contribution in [3.63, 3.8) is 0 Å². The number of hydrogen-bond donors (Lipinski definition) is 2. The van der Waals surface area contributed by atoms with E-state index in [9.17, 15) is 4.79 Å². The quantitative estimate of drug-likeness (QED) is 0.717. The van der Waals surface area contributed by atoms with Gasteiger partial charge in [0.05, 0.1) is 5.51 Å². The molecule has 0 aliphatic heterocycles. The molecule has 1 rings (SSSR count). The molecular weight excluding hydrogens is 210 g/mol. The van der Waals surface area contributed by atoms with Gasteiger partial charge in [0, 0.05) is 36.6 Å². The van der Waals surface area contributed by atoms with Gasteiger partial charge in [0.15, 0.2) is 0 Å². The summed E-state index contributed by atoms with van der Waals surface area (Å²) in [5, 5.41) is 6.05. The molecule has 0 bridgehead atoms. The first-order valence-corrected chi connectivity index (χ1v) is 5.94. The first kappa shape index (κ1) is 12.1. The van der Waals surface area contributed by atoms with Crippen LogP contribution in [0.3, 0.4) is 0 Å². The number of carbonyl (C=O) groups excluding carboxylic acids is 1. The fourth-order valence-electron chi connectivity index (χ4n) is 1.14. The van der Waals surface area contributed by atoms with Crippen LogP contribution in [-0.4, -0.2) is 23.5 Å². The molecular formula is C10H17N3OS. The Hall–Kier alpha value is -0.940. The maximum absolute atomic E-state index is 11.3. The summed E-state index contributed by atoms with van der Waals surface area (Å²) in [5.41, 5.74) is 1.81. The molecule has 0 radical (unpaired) electrons. The van der Waals surface area contributed by atoms with Crippen molar-refractivity contribution in [3.05, 3.63) is 16.6 Å². The maximum Gasteiger partial charge on any atom is 0.221 e. The predicted molar refractivity (Wildman–Crippen MR) is 61.7 cm³/mol. The second kappa shape index (κ2) is 6.53. The molecule has 0 spiro atoms. The lowest BCUT2D eigenvalue weighted by molar-refractivity contribution is -0.121. The van der Waals surface area contributed by atoms with Crippen LogP contribution in [0, 0.1) is 0 Å². The lowest BCUT2D eigenvalue weighted by Crippen LogP contribution is -2.32. The highest BCUT2D eigenvalue weighted by Gasteiger charge is 2.02. The Morgan fingerprint density at radius 3 is 3.00 bits per heavy atom. The fourth-order valence-corrected chi connectivity index (χ4v) is 1.70. The van der Waals surface area contributed by atoms with Crippen molar-refractivity contribution in [1.82, 2.24) is 15.6 Å². The van der Waals surface area contributed by atoms with Crippen molar-refractivity contribution in [1.29, 1.82) is 0 Å². The average molecular weight is 227 g/mol. The topological polar surface area (TPSA) is 54.0 Å². The molecule has 15 heavy (non-hydrogen) atoms. The molecule has 84 valence electrons. The number of thiazole rings is 1. The zero-order valence-electron chi connectivity index (χ0n) is 9.12. The Morgan fingerprint density at radius 2 is 2.40 bits per heavy atom. The van der Waals surface area contributed by atoms with Gasteiger partial charge in [-0.05, 0) is 13.8 Å². The van der Waals surface area contributed by atoms with Crippen LogP contribution in [0.4, 0.5) is 0 Å². The van der Waals surface area contributed by atoms with E-state index in [-0.39, 0.29) is 11.9 Å². The minimum Gasteiger partial charge on any atom is -0.354 e. The van der Waals surface area contributed by atoms with Crippen LogP contribution in [0.25, 0.3) is 0 Å². The molecule has 0 saturated heterocycles. The Kier molecular flexibility index (Phi) is 5.28. The average Bonchev–Trinajstić information content (AvgIpc) is 2.63. The third kappa shape index (κ3) is 5.49. The van der Waals surface area contributed by atoms with Gasteiger partial charge >= 0.3 is 0 Å². The first-order chi connectivity index (χ1) is 7.18. The fraction of sp³-hybridized carbons (Fsp3) is 0.600. The van der Waals surface area contributed by atoms with Crippen molar-refractivity contribution in [3.8, 4) is 0 Å². The van der Waals surface area contributed by atoms with Gasteiger partial charge in [0.25, 0.3) is 0 Å². The molecule has 1 amide bonds. The third-order valence-electron chi connectivity index (χ3n) is 1.76. The number of aromatic nitrogens is 1. The number of carbonyl (C=O) groups is 1. The SMILES string of the molecule is CC(C)NC(=O)CCNCc1cncs1. The van der Waals surface area contributed by atoms with Crippen molar-refractivity contribution >= 4 is 17.2 Å². The molecule has 5 heteroatoms. The summed E-state index contributed by atoms with van der Waals surface area (Å²) < 4.78 is 0. The highest BCUT2D eigenvalue weighted by Crippen LogP contribution is 2.03. The second-order valence-corrected chi connectivity index (χ2v) is 4.59. The molecule has 0 unspecified atom stereocenters. The van der Waals surface area contributed by atoms with Crippen LogP contribution >= 0.6 is 11.3 Å². The molecule has 2 N–H and O–H groups in total. The number of nitrogens with zero attached hydrogens (tertiary/aromatic N) is 1. The van der Waals surface area contributed by atoms with Gasteiger partial charge in [0.1, 0.15) is 0 Å². The summed E-state index contributed by atoms with van der Waals surface area (Å²) in [6.45, 7) is 5.42. The lowest BCUT2D eigenvalue weighted by atomic mass is 10.3. The van der Waals surface area contributed by atoms with Crippen LogP contribution in [0.5, 0.6) is 0 Å². The molecule has 0 atom stereocenters. The minimum absolute atomic E-state index is 0.0989. The maximum atomic E-state index is 11.3. The van der Waals surface area contributed by atoms with Gasteiger partial charge in [0.2, 0.25) is 5.91 Å². The summed E-state index contributed by atoms with van der Waals surface area (Å²) in [6.07, 6.45) is 2.36. The van der Waals surface area contributed by atoms with E-state index in [2.05, 4.69) is 15.6 Å². The van der Waals surface area contributed by atoms with E-state index in [1.807, 2.05) is 25.6 Å². The summed E-state index contributed by atoms with van der Waals surface area (Å²) in [4.78, 5) is 16.4. The van der Waals surface area contributed by atoms with Crippen molar-refractivity contribution in [2.45, 2.75) is 32.9 Å². The Morgan fingerprint density at radius 1 is 1.60 bits per heavy atom. The number of amides is 1. The Labute approximate surface area is 94.1 Å². The molecule has 1 aromatic heterocycles. The minimum atomic E-state index is 0.0989. The van der Waals surface area contributed by atoms with Crippen LogP contribution in [0.15, 0.2) is 11.7 Å². The number of rotatable bonds is 6. The van der Waals surface area contributed by atoms with E-state index in [1.165, 1.54) is 4.88 Å². The van der Waals surface area contributed by atoms with E-state index in [4.69, 9.17) is 0 Å². The molecule has 0 fully saturated rings. The molecule has 0 aliphatic rings. The smallest absolute Gasteiger partial charge is 0.221 e. The summed E-state index contributed by atoms with van der Waals surface area (Å²) in [7, 11) is 0. The van der Waals surface area contributed by atoms with Gasteiger partial charge in [-0.3, -0.25) is 9.78 Å². The van der Waals surface area contributed by atoms with E-state index >= 15 is 0 Å². The third-order valence-corrected chi connectivity index (χ3v) is 2.54. The zero-order chi connectivity index (χ0) is 11.1. The summed E-state index contributed by atoms with van der Waals surface area (Å²) in [5.74, 6) is 0.0989. The van der Waals surface area contributed by atoms with Crippen molar-refractivity contribution in [2.75, 3.05) is 6.54 Å². The summed E-state index contributed by atoms with van der Waals surface area (Å²) >= 11 is 1.62. The largest absolute Gasteiger partial charge is 0.354 e. The van der Waals surface area contributed by atoms with Crippen LogP contribution < -0.4 is 10.6 Å². The standard InChI is InChI=1S/C10H17N3OS/c1-8(2)13-10(14)3-4-11-5-9-6-12-7-15-9/h6-8,11H,3-5H2,1-2H3,(H,13,14). The second-order valence-electron chi connectivity index (χ2n) is 3.62. The monoisotopic (exact) mass is 227 g/mol. The van der Waals surface area contributed by atoms with Gasteiger partial charge < -0.3 is 10.6 Å². The summed E-state index contributed by atoms with van der Waals surface area (Å²) in [6, 6.07) is 0.221. The van der Waals surface area contributed by atoms with Crippen molar-refractivity contribution < 1.29 is 4.79 Å². The molecule has 0 aliphatic carbocycles. The normalized spacial score (nSPS) is 10.6. The van der Waals surface area contributed by atoms with Crippen LogP contribution in [0.2, 0.25) is 0 Å². The molecule has 4 nitrogen and oxygen atoms in total. The van der Waals surface area contributed by atoms with Gasteiger partial charge in [-0.2, -0.15) is 0 Å². The van der Waals surface area contributed by atoms with E-state index in [0.717, 1.165) is 6.54 Å². The van der Waals surface area contributed by atoms with E-state index < -0.39 is 0 Å². The van der Waals surface area contributed by atoms with E-state index in [1.54, 1.807) is 11.3 Å². The van der Waals surface area contributed by atoms with Gasteiger partial charge in [-0.1, -0.05) is 0 Å². The highest BCUT2D eigenvalue weighted by molar-refractivity contribution is 7.09. The molecule has 1 heterocycles. The van der Waals surface area contributed by atoms with Crippen LogP contribution in [-0.2, 0) is 11.3 Å². The Bertz CT molecular complexity index is 285. The van der Waals surface area contributed by atoms with E-state index in [0.29, 0.717) is 13.0 Å². The van der Waals surface area contributed by atoms with Gasteiger partial charge in [-0.25, -0.2) is 0 Å². The van der Waals surface area contributed by atoms with Crippen LogP contribution in [0.1, 0.15) is 25.1 Å². The lowest BCUT2D eigenvalue weighted by Gasteiger charge is -2.08. The first-order valence-electron chi connectivity index (χ1n) is 5.06. The van der Waals surface area contributed by atoms with Crippen molar-refractivity contribution in [2.24, 2.45) is 0 Å². The number of hydrogen-bond acceptors (Lipinski definition) is 4. The number of nitrogens with one attached hydrogen (secondary N) is 2.